The van der Waals surface area contributed by atoms with Crippen molar-refractivity contribution in [1.29, 1.82) is 0 Å². The number of benzene rings is 1. The summed E-state index contributed by atoms with van der Waals surface area (Å²) in [6.45, 7) is 6.12. The van der Waals surface area contributed by atoms with Crippen LogP contribution in [-0.2, 0) is 0 Å². The molecule has 3 heteroatoms. The van der Waals surface area contributed by atoms with Crippen molar-refractivity contribution in [1.82, 2.24) is 0 Å². The second-order valence-corrected chi connectivity index (χ2v) is 5.22. The molecule has 1 aromatic heterocycles. The highest BCUT2D eigenvalue weighted by Crippen LogP contribution is 2.34. The molecule has 0 radical (unpaired) electrons. The minimum Gasteiger partial charge on any atom is -0.398 e. The third kappa shape index (κ3) is 1.98. The first-order chi connectivity index (χ1) is 8.04. The van der Waals surface area contributed by atoms with Crippen LogP contribution in [0.4, 0.5) is 5.69 Å². The monoisotopic (exact) mass is 245 g/mol. The van der Waals surface area contributed by atoms with Crippen molar-refractivity contribution in [2.75, 3.05) is 5.73 Å². The molecule has 0 fully saturated rings. The number of anilines is 1. The molecule has 0 atom stereocenters. The van der Waals surface area contributed by atoms with E-state index in [0.717, 1.165) is 39.1 Å². The highest BCUT2D eigenvalue weighted by molar-refractivity contribution is 7.12. The quantitative estimate of drug-likeness (QED) is 0.647. The van der Waals surface area contributed by atoms with Gasteiger partial charge < -0.3 is 5.73 Å². The minimum absolute atomic E-state index is 0.748. The fourth-order valence-electron chi connectivity index (χ4n) is 2.19. The summed E-state index contributed by atoms with van der Waals surface area (Å²) in [7, 11) is 0. The molecule has 1 aromatic carbocycles. The van der Waals surface area contributed by atoms with Gasteiger partial charge in [-0.05, 0) is 60.0 Å². The summed E-state index contributed by atoms with van der Waals surface area (Å²) < 4.78 is 0. The molecule has 2 nitrogen and oxygen atoms in total. The van der Waals surface area contributed by atoms with Crippen LogP contribution in [0.5, 0.6) is 0 Å². The first kappa shape index (κ1) is 11.9. The summed E-state index contributed by atoms with van der Waals surface area (Å²) in [6.07, 6.45) is 0.885. The summed E-state index contributed by atoms with van der Waals surface area (Å²) in [4.78, 5) is 11.5. The van der Waals surface area contributed by atoms with Gasteiger partial charge in [0, 0.05) is 5.69 Å². The van der Waals surface area contributed by atoms with Crippen LogP contribution in [0.15, 0.2) is 17.5 Å². The van der Waals surface area contributed by atoms with E-state index in [4.69, 9.17) is 5.73 Å². The standard InChI is InChI=1S/C14H15NOS/c1-8-4-9(2)14(15)10(3)13(8)11-5-12(6-16)17-7-11/h4-7H,15H2,1-3H3. The number of hydrogen-bond acceptors (Lipinski definition) is 3. The van der Waals surface area contributed by atoms with Crippen LogP contribution >= 0.6 is 11.3 Å². The third-order valence-electron chi connectivity index (χ3n) is 3.06. The van der Waals surface area contributed by atoms with Gasteiger partial charge in [-0.15, -0.1) is 11.3 Å². The Bertz CT molecular complexity index is 584. The maximum absolute atomic E-state index is 10.7. The third-order valence-corrected chi connectivity index (χ3v) is 3.91. The fraction of sp³-hybridized carbons (Fsp3) is 0.214. The summed E-state index contributed by atoms with van der Waals surface area (Å²) in [5.74, 6) is 0. The number of nitrogens with two attached hydrogens (primary N) is 1. The van der Waals surface area contributed by atoms with E-state index in [1.807, 2.05) is 25.3 Å². The zero-order valence-electron chi connectivity index (χ0n) is 10.2. The van der Waals surface area contributed by atoms with Gasteiger partial charge in [-0.2, -0.15) is 0 Å². The average molecular weight is 245 g/mol. The lowest BCUT2D eigenvalue weighted by molar-refractivity contribution is 0.112. The van der Waals surface area contributed by atoms with Crippen LogP contribution in [0, 0.1) is 20.8 Å². The number of aldehydes is 1. The highest BCUT2D eigenvalue weighted by Gasteiger charge is 2.12. The van der Waals surface area contributed by atoms with Gasteiger partial charge in [0.1, 0.15) is 0 Å². The Morgan fingerprint density at radius 1 is 1.18 bits per heavy atom. The van der Waals surface area contributed by atoms with Crippen LogP contribution in [0.3, 0.4) is 0 Å². The zero-order chi connectivity index (χ0) is 12.6. The molecule has 2 N–H and O–H groups in total. The van der Waals surface area contributed by atoms with E-state index in [1.54, 1.807) is 0 Å². The van der Waals surface area contributed by atoms with E-state index < -0.39 is 0 Å². The molecular weight excluding hydrogens is 230 g/mol. The van der Waals surface area contributed by atoms with Crippen LogP contribution in [0.2, 0.25) is 0 Å². The Labute approximate surface area is 105 Å². The first-order valence-corrected chi connectivity index (χ1v) is 6.33. The van der Waals surface area contributed by atoms with Crippen molar-refractivity contribution < 1.29 is 4.79 Å². The van der Waals surface area contributed by atoms with Crippen LogP contribution < -0.4 is 5.73 Å². The van der Waals surface area contributed by atoms with Crippen LogP contribution in [0.1, 0.15) is 26.4 Å². The molecule has 88 valence electrons. The molecule has 0 bridgehead atoms. The number of rotatable bonds is 2. The van der Waals surface area contributed by atoms with Crippen LogP contribution in [0.25, 0.3) is 11.1 Å². The molecule has 0 aliphatic carbocycles. The zero-order valence-corrected chi connectivity index (χ0v) is 11.0. The molecule has 2 rings (SSSR count). The Morgan fingerprint density at radius 2 is 1.88 bits per heavy atom. The average Bonchev–Trinajstić information content (AvgIpc) is 2.74. The lowest BCUT2D eigenvalue weighted by Crippen LogP contribution is -1.98. The van der Waals surface area contributed by atoms with Crippen molar-refractivity contribution in [3.63, 3.8) is 0 Å². The molecule has 1 heterocycles. The van der Waals surface area contributed by atoms with Gasteiger partial charge in [-0.25, -0.2) is 0 Å². The van der Waals surface area contributed by atoms with Gasteiger partial charge in [-0.3, -0.25) is 4.79 Å². The number of carbonyl (C=O) groups is 1. The molecule has 0 aliphatic rings. The molecule has 0 saturated carbocycles. The highest BCUT2D eigenvalue weighted by atomic mass is 32.1. The molecule has 0 amide bonds. The molecule has 0 unspecified atom stereocenters. The minimum atomic E-state index is 0.748. The molecular formula is C14H15NOS. The normalized spacial score (nSPS) is 10.5. The van der Waals surface area contributed by atoms with Crippen molar-refractivity contribution in [2.45, 2.75) is 20.8 Å². The van der Waals surface area contributed by atoms with E-state index in [2.05, 4.69) is 13.0 Å². The summed E-state index contributed by atoms with van der Waals surface area (Å²) >= 11 is 1.46. The predicted molar refractivity (Wildman–Crippen MR) is 73.8 cm³/mol. The van der Waals surface area contributed by atoms with Gasteiger partial charge >= 0.3 is 0 Å². The Morgan fingerprint density at radius 3 is 2.47 bits per heavy atom. The van der Waals surface area contributed by atoms with Gasteiger partial charge in [0.25, 0.3) is 0 Å². The van der Waals surface area contributed by atoms with Crippen molar-refractivity contribution in [3.8, 4) is 11.1 Å². The number of carbonyl (C=O) groups excluding carboxylic acids is 1. The Balaban J connectivity index is 2.66. The van der Waals surface area contributed by atoms with Gasteiger partial charge in [0.05, 0.1) is 4.88 Å². The van der Waals surface area contributed by atoms with Crippen molar-refractivity contribution in [3.05, 3.63) is 39.1 Å². The molecule has 2 aromatic rings. The SMILES string of the molecule is Cc1cc(C)c(-c2csc(C=O)c2)c(C)c1N. The lowest BCUT2D eigenvalue weighted by Gasteiger charge is -2.13. The van der Waals surface area contributed by atoms with Gasteiger partial charge in [0.2, 0.25) is 0 Å². The molecule has 0 spiro atoms. The van der Waals surface area contributed by atoms with E-state index in [1.165, 1.54) is 16.9 Å². The fourth-order valence-corrected chi connectivity index (χ4v) is 2.89. The maximum Gasteiger partial charge on any atom is 0.160 e. The largest absolute Gasteiger partial charge is 0.398 e. The summed E-state index contributed by atoms with van der Waals surface area (Å²) in [5.41, 5.74) is 12.5. The molecule has 0 aliphatic heterocycles. The number of hydrogen-bond donors (Lipinski definition) is 1. The lowest BCUT2D eigenvalue weighted by atomic mass is 9.93. The topological polar surface area (TPSA) is 43.1 Å². The van der Waals surface area contributed by atoms with Gasteiger partial charge in [0.15, 0.2) is 6.29 Å². The van der Waals surface area contributed by atoms with Crippen molar-refractivity contribution in [2.24, 2.45) is 0 Å². The molecule has 0 saturated heterocycles. The van der Waals surface area contributed by atoms with Crippen molar-refractivity contribution >= 4 is 23.3 Å². The van der Waals surface area contributed by atoms with Crippen LogP contribution in [-0.4, -0.2) is 6.29 Å². The molecule has 17 heavy (non-hydrogen) atoms. The van der Waals surface area contributed by atoms with E-state index in [0.29, 0.717) is 0 Å². The summed E-state index contributed by atoms with van der Waals surface area (Å²) in [6, 6.07) is 4.01. The second-order valence-electron chi connectivity index (χ2n) is 4.28. The number of nitrogen functional groups attached to an aromatic ring is 1. The second kappa shape index (κ2) is 4.34. The van der Waals surface area contributed by atoms with E-state index in [-0.39, 0.29) is 0 Å². The predicted octanol–water partition coefficient (Wildman–Crippen LogP) is 3.74. The van der Waals surface area contributed by atoms with E-state index in [9.17, 15) is 4.79 Å². The number of thiophene rings is 1. The Hall–Kier alpha value is -1.61. The Kier molecular flexibility index (Phi) is 3.03. The van der Waals surface area contributed by atoms with E-state index >= 15 is 0 Å². The first-order valence-electron chi connectivity index (χ1n) is 5.45. The number of aryl methyl sites for hydroxylation is 2. The maximum atomic E-state index is 10.7. The smallest absolute Gasteiger partial charge is 0.160 e. The van der Waals surface area contributed by atoms with Gasteiger partial charge in [-0.1, -0.05) is 6.07 Å². The summed E-state index contributed by atoms with van der Waals surface area (Å²) in [5, 5.41) is 2.01.